The van der Waals surface area contributed by atoms with Crippen LogP contribution in [0.25, 0.3) is 32.7 Å². The molecule has 1 aliphatic carbocycles. The Labute approximate surface area is 283 Å². The summed E-state index contributed by atoms with van der Waals surface area (Å²) in [5.41, 5.74) is 14.0. The van der Waals surface area contributed by atoms with Gasteiger partial charge in [-0.2, -0.15) is 0 Å². The Hall–Kier alpha value is -5.40. The molecule has 1 heterocycles. The fraction of sp³-hybridized carbons (Fsp3) is 0.149. The molecule has 0 bridgehead atoms. The third-order valence-electron chi connectivity index (χ3n) is 10.4. The zero-order valence-electron chi connectivity index (χ0n) is 27.9. The van der Waals surface area contributed by atoms with Crippen molar-refractivity contribution in [2.75, 3.05) is 0 Å². The highest BCUT2D eigenvalue weighted by Crippen LogP contribution is 2.47. The van der Waals surface area contributed by atoms with Gasteiger partial charge in [0.2, 0.25) is 0 Å². The van der Waals surface area contributed by atoms with Crippen LogP contribution >= 0.6 is 0 Å². The zero-order valence-corrected chi connectivity index (χ0v) is 27.9. The van der Waals surface area contributed by atoms with Crippen LogP contribution in [-0.4, -0.2) is 0 Å². The Morgan fingerprint density at radius 3 is 1.92 bits per heavy atom. The maximum absolute atomic E-state index is 6.76. The Bertz CT molecular complexity index is 2310. The summed E-state index contributed by atoms with van der Waals surface area (Å²) >= 11 is 0. The lowest BCUT2D eigenvalue weighted by molar-refractivity contribution is 0.668. The largest absolute Gasteiger partial charge is 0.456 e. The summed E-state index contributed by atoms with van der Waals surface area (Å²) in [5.74, 6) is 0.208. The van der Waals surface area contributed by atoms with Crippen LogP contribution in [0.3, 0.4) is 0 Å². The second-order valence-corrected chi connectivity index (χ2v) is 13.4. The van der Waals surface area contributed by atoms with Gasteiger partial charge in [-0.3, -0.25) is 0 Å². The van der Waals surface area contributed by atoms with Crippen LogP contribution in [0.5, 0.6) is 0 Å². The SMILES string of the molecule is Cc1ccc2ccc3oc4ccc(C(c5ccccc5)c5ccccc5)c(C(C)C5=CC=CC=C(Cc6ccccc6)C5)c4c3c2c1C. The fourth-order valence-electron chi connectivity index (χ4n) is 7.86. The first kappa shape index (κ1) is 30.0. The monoisotopic (exact) mass is 620 g/mol. The lowest BCUT2D eigenvalue weighted by atomic mass is 9.76. The van der Waals surface area contributed by atoms with E-state index in [4.69, 9.17) is 4.42 Å². The van der Waals surface area contributed by atoms with E-state index in [2.05, 4.69) is 172 Å². The van der Waals surface area contributed by atoms with Crippen LogP contribution in [0.2, 0.25) is 0 Å². The van der Waals surface area contributed by atoms with Crippen molar-refractivity contribution < 1.29 is 4.42 Å². The maximum Gasteiger partial charge on any atom is 0.136 e. The van der Waals surface area contributed by atoms with E-state index in [1.54, 1.807) is 0 Å². The first-order valence-electron chi connectivity index (χ1n) is 17.1. The average Bonchev–Trinajstić information content (AvgIpc) is 3.35. The van der Waals surface area contributed by atoms with Gasteiger partial charge in [0.25, 0.3) is 0 Å². The van der Waals surface area contributed by atoms with Crippen LogP contribution in [0.15, 0.2) is 167 Å². The van der Waals surface area contributed by atoms with E-state index in [9.17, 15) is 0 Å². The summed E-state index contributed by atoms with van der Waals surface area (Å²) in [5, 5.41) is 5.03. The van der Waals surface area contributed by atoms with Gasteiger partial charge in [-0.25, -0.2) is 0 Å². The molecule has 0 amide bonds. The van der Waals surface area contributed by atoms with E-state index < -0.39 is 0 Å². The minimum absolute atomic E-state index is 0.0678. The topological polar surface area (TPSA) is 13.1 Å². The highest BCUT2D eigenvalue weighted by molar-refractivity contribution is 6.21. The third-order valence-corrected chi connectivity index (χ3v) is 10.4. The second kappa shape index (κ2) is 12.7. The van der Waals surface area contributed by atoms with Gasteiger partial charge in [-0.1, -0.05) is 158 Å². The molecule has 0 saturated carbocycles. The van der Waals surface area contributed by atoms with Crippen LogP contribution in [0.4, 0.5) is 0 Å². The van der Waals surface area contributed by atoms with Crippen molar-refractivity contribution in [3.05, 3.63) is 202 Å². The van der Waals surface area contributed by atoms with Crippen molar-refractivity contribution in [1.29, 1.82) is 0 Å². The van der Waals surface area contributed by atoms with Gasteiger partial charge >= 0.3 is 0 Å². The molecule has 234 valence electrons. The first-order valence-corrected chi connectivity index (χ1v) is 17.1. The van der Waals surface area contributed by atoms with Crippen molar-refractivity contribution in [2.45, 2.75) is 45.4 Å². The molecule has 6 aromatic carbocycles. The van der Waals surface area contributed by atoms with E-state index >= 15 is 0 Å². The molecule has 7 aromatic rings. The highest BCUT2D eigenvalue weighted by atomic mass is 16.3. The molecule has 0 saturated heterocycles. The van der Waals surface area contributed by atoms with Gasteiger partial charge in [-0.05, 0) is 88.5 Å². The summed E-state index contributed by atoms with van der Waals surface area (Å²) in [6.07, 6.45) is 11.0. The van der Waals surface area contributed by atoms with Gasteiger partial charge in [-0.15, -0.1) is 0 Å². The van der Waals surface area contributed by atoms with Crippen LogP contribution < -0.4 is 0 Å². The summed E-state index contributed by atoms with van der Waals surface area (Å²) in [6, 6.07) is 46.3. The van der Waals surface area contributed by atoms with Gasteiger partial charge in [0.05, 0.1) is 0 Å². The molecule has 1 unspecified atom stereocenters. The Morgan fingerprint density at radius 2 is 1.21 bits per heavy atom. The van der Waals surface area contributed by atoms with E-state index in [0.717, 1.165) is 24.0 Å². The fourth-order valence-corrected chi connectivity index (χ4v) is 7.86. The third kappa shape index (κ3) is 5.40. The normalized spacial score (nSPS) is 14.0. The average molecular weight is 621 g/mol. The van der Waals surface area contributed by atoms with E-state index in [-0.39, 0.29) is 11.8 Å². The lowest BCUT2D eigenvalue weighted by Crippen LogP contribution is -2.11. The van der Waals surface area contributed by atoms with Crippen LogP contribution in [0.1, 0.15) is 64.1 Å². The van der Waals surface area contributed by atoms with E-state index in [0.29, 0.717) is 0 Å². The number of benzene rings is 6. The molecular weight excluding hydrogens is 581 g/mol. The summed E-state index contributed by atoms with van der Waals surface area (Å²) < 4.78 is 6.76. The summed E-state index contributed by atoms with van der Waals surface area (Å²) in [4.78, 5) is 0. The summed E-state index contributed by atoms with van der Waals surface area (Å²) in [7, 11) is 0. The standard InChI is InChI=1S/C47H40O/c1-31-23-24-38-25-27-41-46(43(38)32(31)2)47-42(48-41)28-26-40(45(36-18-9-5-10-19-36)37-20-11-6-12-21-37)44(47)33(3)39-22-14-13-17-35(30-39)29-34-15-7-4-8-16-34/h4-28,33,45H,29-30H2,1-3H3. The molecule has 48 heavy (non-hydrogen) atoms. The van der Waals surface area contributed by atoms with Gasteiger partial charge in [0, 0.05) is 22.6 Å². The summed E-state index contributed by atoms with van der Waals surface area (Å²) in [6.45, 7) is 6.90. The predicted octanol–water partition coefficient (Wildman–Crippen LogP) is 12.7. The molecule has 0 spiro atoms. The Balaban J connectivity index is 1.41. The van der Waals surface area contributed by atoms with Gasteiger partial charge in [0.15, 0.2) is 0 Å². The quantitative estimate of drug-likeness (QED) is 0.162. The van der Waals surface area contributed by atoms with Crippen molar-refractivity contribution in [3.8, 4) is 0 Å². The van der Waals surface area contributed by atoms with Crippen molar-refractivity contribution in [1.82, 2.24) is 0 Å². The molecule has 1 nitrogen and oxygen atoms in total. The predicted molar refractivity (Wildman–Crippen MR) is 203 cm³/mol. The van der Waals surface area contributed by atoms with E-state index in [1.165, 1.54) is 71.6 Å². The number of allylic oxidation sites excluding steroid dienone is 6. The molecule has 0 radical (unpaired) electrons. The molecule has 8 rings (SSSR count). The van der Waals surface area contributed by atoms with Gasteiger partial charge in [0.1, 0.15) is 11.2 Å². The second-order valence-electron chi connectivity index (χ2n) is 13.4. The Morgan fingerprint density at radius 1 is 0.604 bits per heavy atom. The molecule has 0 fully saturated rings. The smallest absolute Gasteiger partial charge is 0.136 e. The first-order chi connectivity index (χ1) is 23.6. The number of fused-ring (bicyclic) bond motifs is 5. The Kier molecular flexibility index (Phi) is 7.90. The molecular formula is C47H40O. The molecule has 1 heteroatoms. The maximum atomic E-state index is 6.76. The molecule has 0 N–H and O–H groups in total. The van der Waals surface area contributed by atoms with Crippen LogP contribution in [0, 0.1) is 13.8 Å². The molecule has 0 aliphatic heterocycles. The number of hydrogen-bond acceptors (Lipinski definition) is 1. The van der Waals surface area contributed by atoms with Crippen molar-refractivity contribution in [2.24, 2.45) is 0 Å². The molecule has 1 atom stereocenters. The molecule has 1 aromatic heterocycles. The van der Waals surface area contributed by atoms with Crippen molar-refractivity contribution >= 4 is 32.7 Å². The van der Waals surface area contributed by atoms with Crippen LogP contribution in [-0.2, 0) is 6.42 Å². The minimum atomic E-state index is 0.0678. The number of aryl methyl sites for hydroxylation is 2. The van der Waals surface area contributed by atoms with Gasteiger partial charge < -0.3 is 4.42 Å². The lowest BCUT2D eigenvalue weighted by Gasteiger charge is -2.27. The molecule has 1 aliphatic rings. The zero-order chi connectivity index (χ0) is 32.6. The minimum Gasteiger partial charge on any atom is -0.456 e. The van der Waals surface area contributed by atoms with Crippen molar-refractivity contribution in [3.63, 3.8) is 0 Å². The number of rotatable bonds is 7. The van der Waals surface area contributed by atoms with E-state index in [1.807, 2.05) is 0 Å². The highest BCUT2D eigenvalue weighted by Gasteiger charge is 2.29. The number of furan rings is 1. The number of hydrogen-bond donors (Lipinski definition) is 0.